The third-order valence-electron chi connectivity index (χ3n) is 1.33. The van der Waals surface area contributed by atoms with Crippen molar-refractivity contribution in [1.29, 1.82) is 0 Å². The molecule has 0 heterocycles. The number of rotatable bonds is 5. The van der Waals surface area contributed by atoms with E-state index in [1.165, 1.54) is 0 Å². The zero-order valence-electron chi connectivity index (χ0n) is 6.83. The van der Waals surface area contributed by atoms with Gasteiger partial charge in [-0.25, -0.2) is 0 Å². The van der Waals surface area contributed by atoms with Gasteiger partial charge in [-0.15, -0.1) is 0 Å². The summed E-state index contributed by atoms with van der Waals surface area (Å²) in [6, 6.07) is 0. The van der Waals surface area contributed by atoms with Crippen LogP contribution in [0.2, 0.25) is 0 Å². The predicted molar refractivity (Wildman–Crippen MR) is 57.8 cm³/mol. The van der Waals surface area contributed by atoms with Crippen molar-refractivity contribution in [3.63, 3.8) is 0 Å². The maximum Gasteiger partial charge on any atom is 0.0731 e. The van der Waals surface area contributed by atoms with E-state index >= 15 is 0 Å². The molecule has 0 spiro atoms. The molecule has 0 saturated carbocycles. The smallest absolute Gasteiger partial charge is 0.0731 e. The maximum absolute atomic E-state index is 9.22. The molecule has 2 heteroatoms. The SMILES string of the molecule is CCC=CCCC(O)C=CI. The Bertz CT molecular complexity index is 130. The number of aliphatic hydroxyl groups is 1. The molecule has 64 valence electrons. The van der Waals surface area contributed by atoms with Gasteiger partial charge in [-0.2, -0.15) is 0 Å². The molecule has 0 aliphatic rings. The summed E-state index contributed by atoms with van der Waals surface area (Å²) in [7, 11) is 0. The van der Waals surface area contributed by atoms with Crippen LogP contribution in [0.5, 0.6) is 0 Å². The van der Waals surface area contributed by atoms with Gasteiger partial charge < -0.3 is 5.11 Å². The molecule has 0 aromatic rings. The lowest BCUT2D eigenvalue weighted by Gasteiger charge is -2.00. The van der Waals surface area contributed by atoms with Gasteiger partial charge >= 0.3 is 0 Å². The van der Waals surface area contributed by atoms with E-state index in [0.717, 1.165) is 19.3 Å². The monoisotopic (exact) mass is 266 g/mol. The van der Waals surface area contributed by atoms with Crippen LogP contribution in [0.1, 0.15) is 26.2 Å². The molecule has 0 aliphatic carbocycles. The van der Waals surface area contributed by atoms with E-state index in [2.05, 4.69) is 41.7 Å². The molecule has 0 aromatic heterocycles. The fourth-order valence-electron chi connectivity index (χ4n) is 0.732. The Labute approximate surface area is 82.3 Å². The second-order valence-corrected chi connectivity index (χ2v) is 3.06. The van der Waals surface area contributed by atoms with E-state index in [1.54, 1.807) is 6.08 Å². The highest BCUT2D eigenvalue weighted by Crippen LogP contribution is 2.01. The average molecular weight is 266 g/mol. The van der Waals surface area contributed by atoms with E-state index < -0.39 is 0 Å². The Morgan fingerprint density at radius 2 is 2.18 bits per heavy atom. The Morgan fingerprint density at radius 3 is 2.73 bits per heavy atom. The van der Waals surface area contributed by atoms with Crippen LogP contribution in [0.15, 0.2) is 22.3 Å². The molecule has 1 N–H and O–H groups in total. The van der Waals surface area contributed by atoms with E-state index in [-0.39, 0.29) is 6.10 Å². The second-order valence-electron chi connectivity index (χ2n) is 2.34. The zero-order chi connectivity index (χ0) is 8.53. The van der Waals surface area contributed by atoms with Crippen LogP contribution in [0.25, 0.3) is 0 Å². The number of aliphatic hydroxyl groups excluding tert-OH is 1. The molecule has 0 rings (SSSR count). The quantitative estimate of drug-likeness (QED) is 0.599. The van der Waals surface area contributed by atoms with Crippen LogP contribution in [-0.2, 0) is 0 Å². The molecule has 0 fully saturated rings. The summed E-state index contributed by atoms with van der Waals surface area (Å²) in [5, 5.41) is 9.22. The molecule has 0 aliphatic heterocycles. The molecule has 11 heavy (non-hydrogen) atoms. The fraction of sp³-hybridized carbons (Fsp3) is 0.556. The first kappa shape index (κ1) is 11.2. The third-order valence-corrected chi connectivity index (χ3v) is 1.74. The van der Waals surface area contributed by atoms with Gasteiger partial charge in [-0.1, -0.05) is 47.7 Å². The number of hydrogen-bond acceptors (Lipinski definition) is 1. The van der Waals surface area contributed by atoms with Gasteiger partial charge in [0.05, 0.1) is 6.10 Å². The first-order valence-corrected chi connectivity index (χ1v) is 5.15. The summed E-state index contributed by atoms with van der Waals surface area (Å²) in [6.45, 7) is 2.11. The highest BCUT2D eigenvalue weighted by molar-refractivity contribution is 14.1. The maximum atomic E-state index is 9.22. The van der Waals surface area contributed by atoms with Gasteiger partial charge in [0.25, 0.3) is 0 Å². The lowest BCUT2D eigenvalue weighted by Crippen LogP contribution is -1.99. The Kier molecular flexibility index (Phi) is 8.40. The highest BCUT2D eigenvalue weighted by Gasteiger charge is 1.94. The molecular weight excluding hydrogens is 251 g/mol. The van der Waals surface area contributed by atoms with E-state index in [9.17, 15) is 5.11 Å². The predicted octanol–water partition coefficient (Wildman–Crippen LogP) is 3.04. The van der Waals surface area contributed by atoms with Crippen LogP contribution >= 0.6 is 22.6 Å². The Morgan fingerprint density at radius 1 is 1.45 bits per heavy atom. The minimum atomic E-state index is -0.270. The van der Waals surface area contributed by atoms with Gasteiger partial charge in [0.15, 0.2) is 0 Å². The Hall–Kier alpha value is 0.170. The molecule has 0 saturated heterocycles. The van der Waals surface area contributed by atoms with Gasteiger partial charge in [0, 0.05) is 0 Å². The van der Waals surface area contributed by atoms with Crippen molar-refractivity contribution in [2.75, 3.05) is 0 Å². The molecule has 1 atom stereocenters. The van der Waals surface area contributed by atoms with E-state index in [0.29, 0.717) is 0 Å². The lowest BCUT2D eigenvalue weighted by atomic mass is 10.2. The van der Waals surface area contributed by atoms with E-state index in [1.807, 2.05) is 4.08 Å². The largest absolute Gasteiger partial charge is 0.389 e. The average Bonchev–Trinajstić information content (AvgIpc) is 1.99. The molecule has 0 amide bonds. The normalized spacial score (nSPS) is 14.8. The summed E-state index contributed by atoms with van der Waals surface area (Å²) in [5.74, 6) is 0. The van der Waals surface area contributed by atoms with Gasteiger partial charge in [0.1, 0.15) is 0 Å². The molecule has 0 bridgehead atoms. The first-order valence-electron chi connectivity index (χ1n) is 3.91. The number of halogens is 1. The number of hydrogen-bond donors (Lipinski definition) is 1. The van der Waals surface area contributed by atoms with Crippen molar-refractivity contribution < 1.29 is 5.11 Å². The molecular formula is C9H15IO. The third kappa shape index (κ3) is 8.07. The molecule has 0 aromatic carbocycles. The van der Waals surface area contributed by atoms with Crippen LogP contribution < -0.4 is 0 Å². The summed E-state index contributed by atoms with van der Waals surface area (Å²) in [5.41, 5.74) is 0. The first-order chi connectivity index (χ1) is 5.31. The summed E-state index contributed by atoms with van der Waals surface area (Å²) >= 11 is 2.11. The van der Waals surface area contributed by atoms with Gasteiger partial charge in [-0.3, -0.25) is 0 Å². The Balaban J connectivity index is 3.30. The number of allylic oxidation sites excluding steroid dienone is 2. The lowest BCUT2D eigenvalue weighted by molar-refractivity contribution is 0.214. The topological polar surface area (TPSA) is 20.2 Å². The van der Waals surface area contributed by atoms with Crippen LogP contribution in [0.3, 0.4) is 0 Å². The van der Waals surface area contributed by atoms with Crippen molar-refractivity contribution in [3.05, 3.63) is 22.3 Å². The molecule has 1 nitrogen and oxygen atoms in total. The highest BCUT2D eigenvalue weighted by atomic mass is 127. The fourth-order valence-corrected chi connectivity index (χ4v) is 1.21. The van der Waals surface area contributed by atoms with Crippen molar-refractivity contribution in [1.82, 2.24) is 0 Å². The second kappa shape index (κ2) is 8.27. The van der Waals surface area contributed by atoms with Gasteiger partial charge in [0.2, 0.25) is 0 Å². The summed E-state index contributed by atoms with van der Waals surface area (Å²) < 4.78 is 1.85. The van der Waals surface area contributed by atoms with Crippen LogP contribution in [0, 0.1) is 0 Å². The van der Waals surface area contributed by atoms with Gasteiger partial charge in [-0.05, 0) is 23.3 Å². The summed E-state index contributed by atoms with van der Waals surface area (Å²) in [6.07, 6.45) is 8.66. The minimum absolute atomic E-state index is 0.270. The molecule has 1 unspecified atom stereocenters. The van der Waals surface area contributed by atoms with Crippen molar-refractivity contribution >= 4 is 22.6 Å². The van der Waals surface area contributed by atoms with Crippen molar-refractivity contribution in [2.45, 2.75) is 32.3 Å². The summed E-state index contributed by atoms with van der Waals surface area (Å²) in [4.78, 5) is 0. The molecule has 0 radical (unpaired) electrons. The van der Waals surface area contributed by atoms with E-state index in [4.69, 9.17) is 0 Å². The van der Waals surface area contributed by atoms with Crippen LogP contribution in [-0.4, -0.2) is 11.2 Å². The zero-order valence-corrected chi connectivity index (χ0v) is 8.99. The standard InChI is InChI=1S/C9H15IO/c1-2-3-4-5-6-9(11)7-8-10/h3-4,7-9,11H,2,5-6H2,1H3. The van der Waals surface area contributed by atoms with Crippen molar-refractivity contribution in [3.8, 4) is 0 Å². The van der Waals surface area contributed by atoms with Crippen LogP contribution in [0.4, 0.5) is 0 Å². The van der Waals surface area contributed by atoms with Crippen molar-refractivity contribution in [2.24, 2.45) is 0 Å². The minimum Gasteiger partial charge on any atom is -0.389 e.